The maximum Gasteiger partial charge on any atom is 0.175 e. The van der Waals surface area contributed by atoms with E-state index >= 15 is 0 Å². The molecule has 68 valence electrons. The molecule has 0 saturated heterocycles. The van der Waals surface area contributed by atoms with Crippen molar-refractivity contribution in [3.8, 4) is 17.6 Å². The van der Waals surface area contributed by atoms with Gasteiger partial charge in [0.1, 0.15) is 6.07 Å². The Balaban J connectivity index is 3.31. The molecule has 13 heavy (non-hydrogen) atoms. The maximum absolute atomic E-state index is 9.42. The summed E-state index contributed by atoms with van der Waals surface area (Å²) in [4.78, 5) is 0. The van der Waals surface area contributed by atoms with Crippen LogP contribution in [-0.2, 0) is 6.54 Å². The fourth-order valence-electron chi connectivity index (χ4n) is 1.02. The lowest BCUT2D eigenvalue weighted by molar-refractivity contribution is 0.372. The number of hydrogen-bond donors (Lipinski definition) is 2. The van der Waals surface area contributed by atoms with Crippen molar-refractivity contribution < 1.29 is 9.84 Å². The molecule has 0 atom stereocenters. The number of ether oxygens (including phenoxy) is 1. The van der Waals surface area contributed by atoms with E-state index in [4.69, 9.17) is 15.7 Å². The summed E-state index contributed by atoms with van der Waals surface area (Å²) in [6.07, 6.45) is 0. The third-order valence-corrected chi connectivity index (χ3v) is 1.71. The Hall–Kier alpha value is -1.73. The van der Waals surface area contributed by atoms with Crippen molar-refractivity contribution >= 4 is 0 Å². The van der Waals surface area contributed by atoms with Crippen molar-refractivity contribution in [1.82, 2.24) is 0 Å². The molecular weight excluding hydrogens is 168 g/mol. The Morgan fingerprint density at radius 1 is 1.62 bits per heavy atom. The van der Waals surface area contributed by atoms with Crippen LogP contribution >= 0.6 is 0 Å². The molecule has 1 aromatic carbocycles. The van der Waals surface area contributed by atoms with Gasteiger partial charge in [-0.25, -0.2) is 0 Å². The highest BCUT2D eigenvalue weighted by Crippen LogP contribution is 2.30. The van der Waals surface area contributed by atoms with Gasteiger partial charge in [0.05, 0.1) is 12.7 Å². The number of phenols is 1. The van der Waals surface area contributed by atoms with Crippen molar-refractivity contribution in [2.45, 2.75) is 6.54 Å². The number of hydrogen-bond acceptors (Lipinski definition) is 4. The van der Waals surface area contributed by atoms with Gasteiger partial charge in [0.2, 0.25) is 0 Å². The van der Waals surface area contributed by atoms with Gasteiger partial charge in [-0.15, -0.1) is 0 Å². The molecule has 0 radical (unpaired) electrons. The molecule has 0 heterocycles. The molecule has 0 aliphatic heterocycles. The Bertz CT molecular complexity index is 355. The van der Waals surface area contributed by atoms with Crippen molar-refractivity contribution in [3.63, 3.8) is 0 Å². The zero-order chi connectivity index (χ0) is 9.84. The minimum absolute atomic E-state index is 0.137. The van der Waals surface area contributed by atoms with Gasteiger partial charge >= 0.3 is 0 Å². The standard InChI is InChI=1S/C9H10N2O2/c1-13-8-3-6(4-10)2-7(5-11)9(8)12/h2-3,12H,4,10H2,1H3. The third kappa shape index (κ3) is 1.71. The van der Waals surface area contributed by atoms with E-state index in [0.717, 1.165) is 5.56 Å². The average Bonchev–Trinajstić information content (AvgIpc) is 2.18. The second-order valence-corrected chi connectivity index (χ2v) is 2.51. The molecule has 0 bridgehead atoms. The van der Waals surface area contributed by atoms with Gasteiger partial charge in [-0.05, 0) is 17.7 Å². The largest absolute Gasteiger partial charge is 0.503 e. The first-order chi connectivity index (χ1) is 6.22. The van der Waals surface area contributed by atoms with Crippen LogP contribution in [0.4, 0.5) is 0 Å². The summed E-state index contributed by atoms with van der Waals surface area (Å²) < 4.78 is 4.87. The van der Waals surface area contributed by atoms with Crippen LogP contribution in [0, 0.1) is 11.3 Å². The quantitative estimate of drug-likeness (QED) is 0.699. The molecule has 4 nitrogen and oxygen atoms in total. The van der Waals surface area contributed by atoms with Gasteiger partial charge in [-0.1, -0.05) is 0 Å². The van der Waals surface area contributed by atoms with E-state index in [-0.39, 0.29) is 17.1 Å². The number of nitrogens with two attached hydrogens (primary N) is 1. The van der Waals surface area contributed by atoms with Crippen LogP contribution in [0.2, 0.25) is 0 Å². The fourth-order valence-corrected chi connectivity index (χ4v) is 1.02. The first kappa shape index (κ1) is 9.36. The van der Waals surface area contributed by atoms with E-state index < -0.39 is 0 Å². The summed E-state index contributed by atoms with van der Waals surface area (Å²) in [5.74, 6) is 0.140. The Kier molecular flexibility index (Phi) is 2.72. The molecule has 4 heteroatoms. The predicted molar refractivity (Wildman–Crippen MR) is 47.3 cm³/mol. The topological polar surface area (TPSA) is 79.3 Å². The van der Waals surface area contributed by atoms with Crippen LogP contribution in [0.15, 0.2) is 12.1 Å². The smallest absolute Gasteiger partial charge is 0.175 e. The van der Waals surface area contributed by atoms with E-state index in [0.29, 0.717) is 6.54 Å². The first-order valence-corrected chi connectivity index (χ1v) is 3.73. The molecule has 1 aromatic rings. The van der Waals surface area contributed by atoms with Crippen molar-refractivity contribution in [3.05, 3.63) is 23.3 Å². The van der Waals surface area contributed by atoms with Crippen molar-refractivity contribution in [2.75, 3.05) is 7.11 Å². The number of benzene rings is 1. The minimum atomic E-state index is -0.137. The number of rotatable bonds is 2. The Labute approximate surface area is 76.2 Å². The van der Waals surface area contributed by atoms with Gasteiger partial charge in [0.25, 0.3) is 0 Å². The summed E-state index contributed by atoms with van der Waals surface area (Å²) in [5.41, 5.74) is 6.34. The highest BCUT2D eigenvalue weighted by molar-refractivity contribution is 5.53. The van der Waals surface area contributed by atoms with E-state index in [2.05, 4.69) is 0 Å². The van der Waals surface area contributed by atoms with Crippen LogP contribution in [-0.4, -0.2) is 12.2 Å². The number of nitrogens with zero attached hydrogens (tertiary/aromatic N) is 1. The lowest BCUT2D eigenvalue weighted by atomic mass is 10.1. The molecule has 0 aliphatic carbocycles. The molecule has 0 fully saturated rings. The predicted octanol–water partition coefficient (Wildman–Crippen LogP) is 0.731. The number of aromatic hydroxyl groups is 1. The molecule has 0 aliphatic rings. The third-order valence-electron chi connectivity index (χ3n) is 1.71. The normalized spacial score (nSPS) is 9.31. The Morgan fingerprint density at radius 3 is 2.77 bits per heavy atom. The lowest BCUT2D eigenvalue weighted by Gasteiger charge is -2.06. The second-order valence-electron chi connectivity index (χ2n) is 2.51. The van der Waals surface area contributed by atoms with Gasteiger partial charge in [-0.2, -0.15) is 5.26 Å². The highest BCUT2D eigenvalue weighted by Gasteiger charge is 2.08. The Morgan fingerprint density at radius 2 is 2.31 bits per heavy atom. The number of nitriles is 1. The first-order valence-electron chi connectivity index (χ1n) is 3.73. The van der Waals surface area contributed by atoms with E-state index in [1.807, 2.05) is 6.07 Å². The van der Waals surface area contributed by atoms with Crippen LogP contribution in [0.25, 0.3) is 0 Å². The summed E-state index contributed by atoms with van der Waals surface area (Å²) in [5, 5.41) is 18.1. The number of methoxy groups -OCH3 is 1. The molecule has 1 rings (SSSR count). The molecule has 3 N–H and O–H groups in total. The second kappa shape index (κ2) is 3.78. The summed E-state index contributed by atoms with van der Waals surface area (Å²) in [6, 6.07) is 5.01. The summed E-state index contributed by atoms with van der Waals surface area (Å²) in [7, 11) is 1.43. The highest BCUT2D eigenvalue weighted by atomic mass is 16.5. The summed E-state index contributed by atoms with van der Waals surface area (Å²) >= 11 is 0. The summed E-state index contributed by atoms with van der Waals surface area (Å²) in [6.45, 7) is 0.311. The zero-order valence-corrected chi connectivity index (χ0v) is 7.24. The van der Waals surface area contributed by atoms with Crippen molar-refractivity contribution in [1.29, 1.82) is 5.26 Å². The maximum atomic E-state index is 9.42. The molecule has 0 amide bonds. The fraction of sp³-hybridized carbons (Fsp3) is 0.222. The number of phenolic OH excluding ortho intramolecular Hbond substituents is 1. The molecule has 0 spiro atoms. The molecule has 0 saturated carbocycles. The van der Waals surface area contributed by atoms with E-state index in [1.54, 1.807) is 6.07 Å². The van der Waals surface area contributed by atoms with Crippen LogP contribution in [0.1, 0.15) is 11.1 Å². The minimum Gasteiger partial charge on any atom is -0.503 e. The van der Waals surface area contributed by atoms with Gasteiger partial charge < -0.3 is 15.6 Å². The van der Waals surface area contributed by atoms with Gasteiger partial charge in [0.15, 0.2) is 11.5 Å². The van der Waals surface area contributed by atoms with Crippen LogP contribution in [0.3, 0.4) is 0 Å². The van der Waals surface area contributed by atoms with E-state index in [1.165, 1.54) is 13.2 Å². The molecule has 0 unspecified atom stereocenters. The molecule has 0 aromatic heterocycles. The molecular formula is C9H10N2O2. The zero-order valence-electron chi connectivity index (χ0n) is 7.24. The van der Waals surface area contributed by atoms with E-state index in [9.17, 15) is 5.11 Å². The van der Waals surface area contributed by atoms with Crippen LogP contribution < -0.4 is 10.5 Å². The van der Waals surface area contributed by atoms with Crippen molar-refractivity contribution in [2.24, 2.45) is 5.73 Å². The lowest BCUT2D eigenvalue weighted by Crippen LogP contribution is -1.98. The van der Waals surface area contributed by atoms with Gasteiger partial charge in [0, 0.05) is 6.54 Å². The monoisotopic (exact) mass is 178 g/mol. The average molecular weight is 178 g/mol. The van der Waals surface area contributed by atoms with Crippen LogP contribution in [0.5, 0.6) is 11.5 Å². The SMILES string of the molecule is COc1cc(CN)cc(C#N)c1O. The van der Waals surface area contributed by atoms with Gasteiger partial charge in [-0.3, -0.25) is 0 Å².